The van der Waals surface area contributed by atoms with Crippen LogP contribution in [-0.4, -0.2) is 55.5 Å². The summed E-state index contributed by atoms with van der Waals surface area (Å²) in [6.45, 7) is 6.97. The molecule has 4 nitrogen and oxygen atoms in total. The van der Waals surface area contributed by atoms with Crippen molar-refractivity contribution in [2.45, 2.75) is 43.6 Å². The van der Waals surface area contributed by atoms with Gasteiger partial charge in [0.1, 0.15) is 5.75 Å². The minimum absolute atomic E-state index is 0.0350. The van der Waals surface area contributed by atoms with Crippen molar-refractivity contribution >= 4 is 29.1 Å². The number of amides is 1. The predicted molar refractivity (Wildman–Crippen MR) is 140 cm³/mol. The number of methoxy groups -OCH3 is 1. The molecule has 2 aromatic rings. The molecule has 1 saturated heterocycles. The van der Waals surface area contributed by atoms with Crippen molar-refractivity contribution in [1.29, 1.82) is 0 Å². The van der Waals surface area contributed by atoms with Gasteiger partial charge in [-0.2, -0.15) is 0 Å². The van der Waals surface area contributed by atoms with Crippen LogP contribution in [0.5, 0.6) is 5.75 Å². The van der Waals surface area contributed by atoms with E-state index in [0.29, 0.717) is 22.4 Å². The quantitative estimate of drug-likeness (QED) is 0.437. The maximum atomic E-state index is 13.3. The first-order valence-electron chi connectivity index (χ1n) is 12.0. The van der Waals surface area contributed by atoms with Gasteiger partial charge in [0.25, 0.3) is 0 Å². The maximum absolute atomic E-state index is 13.3. The molecular weight excluding hydrogens is 467 g/mol. The fourth-order valence-corrected chi connectivity index (χ4v) is 6.27. The highest BCUT2D eigenvalue weighted by molar-refractivity contribution is 6.42. The number of ether oxygens (including phenoxy) is 1. The van der Waals surface area contributed by atoms with Gasteiger partial charge in [-0.05, 0) is 73.5 Å². The third-order valence-electron chi connectivity index (χ3n) is 7.89. The summed E-state index contributed by atoms with van der Waals surface area (Å²) in [4.78, 5) is 17.7. The first-order valence-corrected chi connectivity index (χ1v) is 12.8. The molecule has 0 radical (unpaired) electrons. The summed E-state index contributed by atoms with van der Waals surface area (Å²) in [5.41, 5.74) is 2.26. The number of likely N-dealkylation sites (N-methyl/N-ethyl adjacent to an activating group) is 1. The van der Waals surface area contributed by atoms with Crippen LogP contribution in [0, 0.1) is 5.92 Å². The van der Waals surface area contributed by atoms with Crippen LogP contribution in [0.4, 0.5) is 0 Å². The number of benzene rings is 2. The van der Waals surface area contributed by atoms with Crippen LogP contribution < -0.4 is 4.74 Å². The zero-order chi connectivity index (χ0) is 24.3. The molecule has 1 aliphatic heterocycles. The molecule has 6 heteroatoms. The summed E-state index contributed by atoms with van der Waals surface area (Å²) in [7, 11) is 3.68. The second kappa shape index (κ2) is 10.7. The molecular formula is C28H34Cl2N2O2. The van der Waals surface area contributed by atoms with E-state index in [-0.39, 0.29) is 17.4 Å². The highest BCUT2D eigenvalue weighted by Gasteiger charge is 2.49. The molecule has 3 atom stereocenters. The molecule has 1 aliphatic carbocycles. The van der Waals surface area contributed by atoms with Gasteiger partial charge in [0, 0.05) is 31.6 Å². The molecule has 34 heavy (non-hydrogen) atoms. The number of halogens is 2. The zero-order valence-electron chi connectivity index (χ0n) is 20.1. The number of nitrogens with zero attached hydrogens (tertiary/aromatic N) is 2. The van der Waals surface area contributed by atoms with E-state index >= 15 is 0 Å². The predicted octanol–water partition coefficient (Wildman–Crippen LogP) is 6.00. The van der Waals surface area contributed by atoms with Crippen LogP contribution in [-0.2, 0) is 16.6 Å². The molecule has 2 aliphatic rings. The number of piperidine rings is 1. The van der Waals surface area contributed by atoms with Gasteiger partial charge in [-0.15, -0.1) is 6.58 Å². The van der Waals surface area contributed by atoms with Crippen LogP contribution in [0.15, 0.2) is 55.1 Å². The lowest BCUT2D eigenvalue weighted by atomic mass is 9.57. The van der Waals surface area contributed by atoms with Crippen LogP contribution in [0.2, 0.25) is 10.0 Å². The Labute approximate surface area is 213 Å². The Hall–Kier alpha value is -2.01. The Morgan fingerprint density at radius 2 is 2.06 bits per heavy atom. The van der Waals surface area contributed by atoms with Gasteiger partial charge in [-0.1, -0.05) is 47.5 Å². The van der Waals surface area contributed by atoms with Crippen molar-refractivity contribution in [1.82, 2.24) is 9.80 Å². The molecule has 0 N–H and O–H groups in total. The van der Waals surface area contributed by atoms with Crippen LogP contribution in [0.1, 0.15) is 36.8 Å². The maximum Gasteiger partial charge on any atom is 0.226 e. The highest BCUT2D eigenvalue weighted by atomic mass is 35.5. The van der Waals surface area contributed by atoms with E-state index in [1.807, 2.05) is 30.2 Å². The van der Waals surface area contributed by atoms with Gasteiger partial charge in [0.2, 0.25) is 5.91 Å². The van der Waals surface area contributed by atoms with Crippen molar-refractivity contribution < 1.29 is 9.53 Å². The Morgan fingerprint density at radius 3 is 2.79 bits per heavy atom. The van der Waals surface area contributed by atoms with E-state index in [9.17, 15) is 4.79 Å². The van der Waals surface area contributed by atoms with E-state index in [2.05, 4.69) is 29.7 Å². The molecule has 4 rings (SSSR count). The molecule has 1 saturated carbocycles. The molecule has 2 aromatic carbocycles. The lowest BCUT2D eigenvalue weighted by Gasteiger charge is -2.54. The first kappa shape index (κ1) is 25.1. The van der Waals surface area contributed by atoms with Gasteiger partial charge in [-0.25, -0.2) is 0 Å². The second-order valence-electron chi connectivity index (χ2n) is 9.75. The SMILES string of the molecule is C=CCN1CC[C@@]2(c3cccc(OC)c3)C[C@@H](N(C)C(=O)Cc3ccc(Cl)c(Cl)c3)CC[C@@H]2C1. The minimum Gasteiger partial charge on any atom is -0.497 e. The molecule has 2 fully saturated rings. The van der Waals surface area contributed by atoms with Crippen LogP contribution >= 0.6 is 23.2 Å². The van der Waals surface area contributed by atoms with E-state index in [1.54, 1.807) is 19.2 Å². The molecule has 0 bridgehead atoms. The van der Waals surface area contributed by atoms with Crippen molar-refractivity contribution in [2.75, 3.05) is 33.8 Å². The van der Waals surface area contributed by atoms with Gasteiger partial charge < -0.3 is 9.64 Å². The Bertz CT molecular complexity index is 1040. The summed E-state index contributed by atoms with van der Waals surface area (Å²) >= 11 is 12.2. The Kier molecular flexibility index (Phi) is 7.91. The minimum atomic E-state index is 0.0350. The fraction of sp³-hybridized carbons (Fsp3) is 0.464. The second-order valence-corrected chi connectivity index (χ2v) is 10.6. The third kappa shape index (κ3) is 5.15. The monoisotopic (exact) mass is 500 g/mol. The molecule has 0 aromatic heterocycles. The van der Waals surface area contributed by atoms with Crippen LogP contribution in [0.25, 0.3) is 0 Å². The van der Waals surface area contributed by atoms with E-state index in [4.69, 9.17) is 27.9 Å². The highest BCUT2D eigenvalue weighted by Crippen LogP contribution is 2.50. The summed E-state index contributed by atoms with van der Waals surface area (Å²) in [5, 5.41) is 0.992. The summed E-state index contributed by atoms with van der Waals surface area (Å²) in [6.07, 6.45) is 6.48. The van der Waals surface area contributed by atoms with Gasteiger partial charge in [-0.3, -0.25) is 9.69 Å². The molecule has 0 spiro atoms. The lowest BCUT2D eigenvalue weighted by Crippen LogP contribution is -2.56. The number of hydrogen-bond donors (Lipinski definition) is 0. The average molecular weight is 501 g/mol. The molecule has 1 amide bonds. The third-order valence-corrected chi connectivity index (χ3v) is 8.63. The lowest BCUT2D eigenvalue weighted by molar-refractivity contribution is -0.133. The average Bonchev–Trinajstić information content (AvgIpc) is 2.85. The number of carbonyl (C=O) groups is 1. The number of rotatable bonds is 7. The Morgan fingerprint density at radius 1 is 1.24 bits per heavy atom. The van der Waals surface area contributed by atoms with E-state index < -0.39 is 0 Å². The summed E-state index contributed by atoms with van der Waals surface area (Å²) in [5.74, 6) is 1.56. The van der Waals surface area contributed by atoms with Gasteiger partial charge >= 0.3 is 0 Å². The largest absolute Gasteiger partial charge is 0.497 e. The normalized spacial score (nSPS) is 24.8. The number of hydrogen-bond acceptors (Lipinski definition) is 3. The first-order chi connectivity index (χ1) is 16.4. The van der Waals surface area contributed by atoms with Gasteiger partial charge in [0.05, 0.1) is 23.6 Å². The smallest absolute Gasteiger partial charge is 0.226 e. The summed E-state index contributed by atoms with van der Waals surface area (Å²) in [6, 6.07) is 14.2. The van der Waals surface area contributed by atoms with Crippen LogP contribution in [0.3, 0.4) is 0 Å². The zero-order valence-corrected chi connectivity index (χ0v) is 21.6. The molecule has 0 unspecified atom stereocenters. The molecule has 1 heterocycles. The van der Waals surface area contributed by atoms with E-state index in [0.717, 1.165) is 56.6 Å². The van der Waals surface area contributed by atoms with E-state index in [1.165, 1.54) is 5.56 Å². The fourth-order valence-electron chi connectivity index (χ4n) is 5.95. The standard InChI is InChI=1S/C28H34Cl2N2O2/c1-4-13-32-14-12-28(21-6-5-7-24(17-21)34-3)18-23(10-9-22(28)19-32)31(2)27(33)16-20-8-11-25(29)26(30)15-20/h4-8,11,15,17,22-23H,1,9-10,12-14,16,18-19H2,2-3H3/t22-,23+,28+/m1/s1. The summed E-state index contributed by atoms with van der Waals surface area (Å²) < 4.78 is 5.57. The van der Waals surface area contributed by atoms with Crippen molar-refractivity contribution in [2.24, 2.45) is 5.92 Å². The number of fused-ring (bicyclic) bond motifs is 1. The molecule has 182 valence electrons. The number of carbonyl (C=O) groups excluding carboxylic acids is 1. The van der Waals surface area contributed by atoms with Gasteiger partial charge in [0.15, 0.2) is 0 Å². The number of likely N-dealkylation sites (tertiary alicyclic amines) is 1. The van der Waals surface area contributed by atoms with Crippen molar-refractivity contribution in [3.8, 4) is 5.75 Å². The van der Waals surface area contributed by atoms with Crippen molar-refractivity contribution in [3.63, 3.8) is 0 Å². The topological polar surface area (TPSA) is 32.8 Å². The Balaban J connectivity index is 1.57. The van der Waals surface area contributed by atoms with Crippen molar-refractivity contribution in [3.05, 3.63) is 76.3 Å².